The van der Waals surface area contributed by atoms with Crippen LogP contribution in [0.5, 0.6) is 5.75 Å². The molecule has 0 unspecified atom stereocenters. The molecule has 0 aliphatic carbocycles. The summed E-state index contributed by atoms with van der Waals surface area (Å²) in [4.78, 5) is 12.4. The lowest BCUT2D eigenvalue weighted by Gasteiger charge is -2.34. The fourth-order valence-electron chi connectivity index (χ4n) is 3.57. The van der Waals surface area contributed by atoms with Crippen LogP contribution in [0.1, 0.15) is 36.8 Å². The van der Waals surface area contributed by atoms with Crippen molar-refractivity contribution in [3.05, 3.63) is 55.2 Å². The van der Waals surface area contributed by atoms with E-state index in [1.165, 1.54) is 0 Å². The molecule has 0 radical (unpaired) electrons. The van der Waals surface area contributed by atoms with E-state index in [0.29, 0.717) is 32.7 Å². The van der Waals surface area contributed by atoms with E-state index in [1.54, 1.807) is 19.1 Å². The first-order valence-corrected chi connectivity index (χ1v) is 10.8. The van der Waals surface area contributed by atoms with Crippen molar-refractivity contribution in [1.82, 2.24) is 10.2 Å². The predicted octanol–water partition coefficient (Wildman–Crippen LogP) is 6.46. The van der Waals surface area contributed by atoms with Crippen molar-refractivity contribution < 1.29 is 14.3 Å². The molecule has 3 aromatic rings. The first kappa shape index (κ1) is 20.5. The SMILES string of the molecule is CCOC(=O)c1[nH]nc2c1C(C)(C)Oc1c-2ccc(I)c1-c1ccc(Cl)cc1Cl. The summed E-state index contributed by atoms with van der Waals surface area (Å²) in [7, 11) is 0. The van der Waals surface area contributed by atoms with Crippen LogP contribution in [0, 0.1) is 3.57 Å². The summed E-state index contributed by atoms with van der Waals surface area (Å²) >= 11 is 14.8. The van der Waals surface area contributed by atoms with E-state index in [-0.39, 0.29) is 6.61 Å². The molecule has 0 amide bonds. The van der Waals surface area contributed by atoms with Gasteiger partial charge in [0.25, 0.3) is 0 Å². The monoisotopic (exact) mass is 542 g/mol. The van der Waals surface area contributed by atoms with Crippen LogP contribution in [-0.4, -0.2) is 22.8 Å². The molecule has 2 heterocycles. The maximum absolute atomic E-state index is 12.4. The number of rotatable bonds is 3. The van der Waals surface area contributed by atoms with Crippen LogP contribution >= 0.6 is 45.8 Å². The van der Waals surface area contributed by atoms with Gasteiger partial charge in [0.1, 0.15) is 17.0 Å². The number of benzene rings is 2. The van der Waals surface area contributed by atoms with E-state index < -0.39 is 11.6 Å². The fraction of sp³-hybridized carbons (Fsp3) is 0.238. The molecular weight excluding hydrogens is 526 g/mol. The van der Waals surface area contributed by atoms with E-state index in [2.05, 4.69) is 32.8 Å². The van der Waals surface area contributed by atoms with Crippen LogP contribution in [0.15, 0.2) is 30.3 Å². The molecule has 0 atom stereocenters. The highest BCUT2D eigenvalue weighted by Gasteiger charge is 2.41. The highest BCUT2D eigenvalue weighted by atomic mass is 127. The molecule has 0 saturated heterocycles. The second-order valence-corrected chi connectivity index (χ2v) is 9.08. The van der Waals surface area contributed by atoms with Crippen LogP contribution in [0.3, 0.4) is 0 Å². The largest absolute Gasteiger partial charge is 0.482 e. The smallest absolute Gasteiger partial charge is 0.356 e. The maximum Gasteiger partial charge on any atom is 0.356 e. The van der Waals surface area contributed by atoms with Crippen LogP contribution in [-0.2, 0) is 10.3 Å². The summed E-state index contributed by atoms with van der Waals surface area (Å²) in [5.41, 5.74) is 3.31. The first-order chi connectivity index (χ1) is 13.7. The molecule has 1 aromatic heterocycles. The standard InChI is InChI=1S/C21H17Cl2IN2O3/c1-4-28-20(27)18-16-17(25-26-18)12-7-8-14(24)15(19(12)29-21(16,2)3)11-6-5-10(22)9-13(11)23/h5-9H,4H2,1-3H3,(H,25,26). The molecule has 0 fully saturated rings. The Balaban J connectivity index is 1.97. The highest BCUT2D eigenvalue weighted by molar-refractivity contribution is 14.1. The number of aromatic nitrogens is 2. The number of esters is 1. The minimum absolute atomic E-state index is 0.280. The van der Waals surface area contributed by atoms with Crippen molar-refractivity contribution in [2.75, 3.05) is 6.61 Å². The van der Waals surface area contributed by atoms with Gasteiger partial charge in [0.2, 0.25) is 0 Å². The number of carbonyl (C=O) groups is 1. The van der Waals surface area contributed by atoms with Gasteiger partial charge in [-0.3, -0.25) is 5.10 Å². The number of H-pyrrole nitrogens is 1. The molecule has 2 aromatic carbocycles. The number of nitrogens with one attached hydrogen (secondary N) is 1. The molecular formula is C21H17Cl2IN2O3. The van der Waals surface area contributed by atoms with Crippen molar-refractivity contribution in [2.45, 2.75) is 26.4 Å². The zero-order chi connectivity index (χ0) is 20.9. The van der Waals surface area contributed by atoms with E-state index in [1.807, 2.05) is 32.0 Å². The molecule has 29 heavy (non-hydrogen) atoms. The number of nitrogens with zero attached hydrogens (tertiary/aromatic N) is 1. The minimum Gasteiger partial charge on any atom is -0.482 e. The lowest BCUT2D eigenvalue weighted by Crippen LogP contribution is -2.31. The Morgan fingerprint density at radius 2 is 1.97 bits per heavy atom. The molecule has 1 aliphatic heterocycles. The van der Waals surface area contributed by atoms with Gasteiger partial charge in [-0.15, -0.1) is 0 Å². The topological polar surface area (TPSA) is 64.2 Å². The Morgan fingerprint density at radius 3 is 2.66 bits per heavy atom. The fourth-order valence-corrected chi connectivity index (χ4v) is 4.79. The van der Waals surface area contributed by atoms with Crippen molar-refractivity contribution in [1.29, 1.82) is 0 Å². The van der Waals surface area contributed by atoms with Crippen LogP contribution in [0.4, 0.5) is 0 Å². The van der Waals surface area contributed by atoms with E-state index in [9.17, 15) is 4.79 Å². The van der Waals surface area contributed by atoms with Gasteiger partial charge in [0, 0.05) is 25.3 Å². The van der Waals surface area contributed by atoms with Crippen LogP contribution in [0.2, 0.25) is 10.0 Å². The van der Waals surface area contributed by atoms with E-state index in [4.69, 9.17) is 32.7 Å². The van der Waals surface area contributed by atoms with Crippen LogP contribution in [0.25, 0.3) is 22.4 Å². The Hall–Kier alpha value is -1.77. The number of fused-ring (bicyclic) bond motifs is 3. The maximum atomic E-state index is 12.4. The molecule has 1 N–H and O–H groups in total. The normalized spacial score (nSPS) is 14.0. The van der Waals surface area contributed by atoms with Gasteiger partial charge in [-0.25, -0.2) is 4.79 Å². The zero-order valence-corrected chi connectivity index (χ0v) is 19.6. The highest BCUT2D eigenvalue weighted by Crippen LogP contribution is 2.51. The molecule has 150 valence electrons. The predicted molar refractivity (Wildman–Crippen MR) is 122 cm³/mol. The van der Waals surface area contributed by atoms with Crippen molar-refractivity contribution in [2.24, 2.45) is 0 Å². The minimum atomic E-state index is -0.810. The van der Waals surface area contributed by atoms with Crippen molar-refractivity contribution in [3.8, 4) is 28.1 Å². The van der Waals surface area contributed by atoms with E-state index >= 15 is 0 Å². The Bertz CT molecular complexity index is 1140. The van der Waals surface area contributed by atoms with Crippen molar-refractivity contribution >= 4 is 51.8 Å². The number of ether oxygens (including phenoxy) is 2. The molecule has 5 nitrogen and oxygen atoms in total. The van der Waals surface area contributed by atoms with Crippen molar-refractivity contribution in [3.63, 3.8) is 0 Å². The number of hydrogen-bond donors (Lipinski definition) is 1. The van der Waals surface area contributed by atoms with Gasteiger partial charge in [-0.05, 0) is 67.6 Å². The lowest BCUT2D eigenvalue weighted by molar-refractivity contribution is 0.0500. The summed E-state index contributed by atoms with van der Waals surface area (Å²) in [5, 5.41) is 8.37. The van der Waals surface area contributed by atoms with Gasteiger partial charge < -0.3 is 9.47 Å². The molecule has 4 rings (SSSR count). The average molecular weight is 543 g/mol. The number of aromatic amines is 1. The third-order valence-corrected chi connectivity index (χ3v) is 6.21. The number of halogens is 3. The molecule has 1 aliphatic rings. The average Bonchev–Trinajstić information content (AvgIpc) is 3.09. The van der Waals surface area contributed by atoms with Gasteiger partial charge >= 0.3 is 5.97 Å². The second-order valence-electron chi connectivity index (χ2n) is 7.08. The van der Waals surface area contributed by atoms with E-state index in [0.717, 1.165) is 20.3 Å². The molecule has 8 heteroatoms. The molecule has 0 spiro atoms. The number of carbonyl (C=O) groups excluding carboxylic acids is 1. The van der Waals surface area contributed by atoms with Crippen LogP contribution < -0.4 is 4.74 Å². The summed E-state index contributed by atoms with van der Waals surface area (Å²) in [5.74, 6) is 0.216. The first-order valence-electron chi connectivity index (χ1n) is 8.98. The summed E-state index contributed by atoms with van der Waals surface area (Å²) < 4.78 is 12.6. The third-order valence-electron chi connectivity index (χ3n) is 4.77. The quantitative estimate of drug-likeness (QED) is 0.305. The lowest BCUT2D eigenvalue weighted by atomic mass is 9.87. The summed E-state index contributed by atoms with van der Waals surface area (Å²) in [6.45, 7) is 5.85. The molecule has 0 bridgehead atoms. The second kappa shape index (κ2) is 7.49. The Labute approximate surface area is 191 Å². The van der Waals surface area contributed by atoms with Gasteiger partial charge in [-0.1, -0.05) is 29.3 Å². The zero-order valence-electron chi connectivity index (χ0n) is 15.9. The Morgan fingerprint density at radius 1 is 1.24 bits per heavy atom. The van der Waals surface area contributed by atoms with Gasteiger partial charge in [0.05, 0.1) is 17.2 Å². The molecule has 0 saturated carbocycles. The Kier molecular flexibility index (Phi) is 5.29. The summed E-state index contributed by atoms with van der Waals surface area (Å²) in [6, 6.07) is 9.30. The number of hydrogen-bond acceptors (Lipinski definition) is 4. The van der Waals surface area contributed by atoms with Gasteiger partial charge in [-0.2, -0.15) is 5.10 Å². The van der Waals surface area contributed by atoms with Gasteiger partial charge in [0.15, 0.2) is 5.69 Å². The summed E-state index contributed by atoms with van der Waals surface area (Å²) in [6.07, 6.45) is 0. The third kappa shape index (κ3) is 3.41.